The van der Waals surface area contributed by atoms with Crippen LogP contribution in [-0.2, 0) is 9.84 Å². The molecule has 0 aromatic heterocycles. The second kappa shape index (κ2) is 4.06. The summed E-state index contributed by atoms with van der Waals surface area (Å²) in [7, 11) is -3.40. The molecule has 0 fully saturated rings. The Bertz CT molecular complexity index is 465. The smallest absolute Gasteiger partial charge is 0.316 e. The summed E-state index contributed by atoms with van der Waals surface area (Å²) in [6.07, 6.45) is -3.56. The van der Waals surface area contributed by atoms with E-state index in [1.165, 1.54) is 0 Å². The summed E-state index contributed by atoms with van der Waals surface area (Å²) in [4.78, 5) is -0.0365. The molecule has 0 bridgehead atoms. The Morgan fingerprint density at radius 3 is 1.94 bits per heavy atom. The van der Waals surface area contributed by atoms with Crippen LogP contribution in [0.25, 0.3) is 0 Å². The lowest BCUT2D eigenvalue weighted by atomic mass is 10.1. The SMILES string of the molecule is CS(=O)(=O)c1ccc([C@@H](N)C(F)(F)F)cc1. The molecular weight excluding hydrogens is 243 g/mol. The van der Waals surface area contributed by atoms with Gasteiger partial charge in [0.25, 0.3) is 0 Å². The fourth-order valence-electron chi connectivity index (χ4n) is 1.11. The van der Waals surface area contributed by atoms with Crippen molar-refractivity contribution in [2.24, 2.45) is 5.73 Å². The number of hydrogen-bond acceptors (Lipinski definition) is 3. The van der Waals surface area contributed by atoms with Gasteiger partial charge in [0.15, 0.2) is 9.84 Å². The highest BCUT2D eigenvalue weighted by atomic mass is 32.2. The number of rotatable bonds is 2. The van der Waals surface area contributed by atoms with Crippen molar-refractivity contribution >= 4 is 9.84 Å². The summed E-state index contributed by atoms with van der Waals surface area (Å²) in [6, 6.07) is 2.25. The molecule has 0 amide bonds. The second-order valence-electron chi connectivity index (χ2n) is 3.36. The predicted octanol–water partition coefficient (Wildman–Crippen LogP) is 1.65. The van der Waals surface area contributed by atoms with Crippen LogP contribution in [0.5, 0.6) is 0 Å². The van der Waals surface area contributed by atoms with Crippen molar-refractivity contribution in [2.45, 2.75) is 17.1 Å². The zero-order valence-electron chi connectivity index (χ0n) is 8.32. The lowest BCUT2D eigenvalue weighted by Gasteiger charge is -2.15. The first-order valence-corrected chi connectivity index (χ1v) is 6.14. The van der Waals surface area contributed by atoms with Crippen molar-refractivity contribution < 1.29 is 21.6 Å². The fraction of sp³-hybridized carbons (Fsp3) is 0.333. The molecule has 0 unspecified atom stereocenters. The van der Waals surface area contributed by atoms with Gasteiger partial charge in [-0.15, -0.1) is 0 Å². The minimum Gasteiger partial charge on any atom is -0.316 e. The molecule has 1 aromatic carbocycles. The van der Waals surface area contributed by atoms with Crippen molar-refractivity contribution in [3.8, 4) is 0 Å². The van der Waals surface area contributed by atoms with E-state index in [2.05, 4.69) is 0 Å². The van der Waals surface area contributed by atoms with E-state index < -0.39 is 22.1 Å². The predicted molar refractivity (Wildman–Crippen MR) is 52.5 cm³/mol. The van der Waals surface area contributed by atoms with Gasteiger partial charge in [-0.3, -0.25) is 0 Å². The number of nitrogens with two attached hydrogens (primary N) is 1. The number of halogens is 3. The van der Waals surface area contributed by atoms with Crippen LogP contribution in [-0.4, -0.2) is 20.8 Å². The number of hydrogen-bond donors (Lipinski definition) is 1. The van der Waals surface area contributed by atoms with Gasteiger partial charge >= 0.3 is 6.18 Å². The largest absolute Gasteiger partial charge is 0.407 e. The third-order valence-corrected chi connectivity index (χ3v) is 3.15. The van der Waals surface area contributed by atoms with Crippen LogP contribution in [0.1, 0.15) is 11.6 Å². The maximum atomic E-state index is 12.2. The van der Waals surface area contributed by atoms with Gasteiger partial charge in [-0.1, -0.05) is 12.1 Å². The van der Waals surface area contributed by atoms with Gasteiger partial charge in [0, 0.05) is 6.26 Å². The average molecular weight is 253 g/mol. The van der Waals surface area contributed by atoms with E-state index in [1.54, 1.807) is 0 Å². The Morgan fingerprint density at radius 1 is 1.19 bits per heavy atom. The molecule has 1 atom stereocenters. The Hall–Kier alpha value is -1.08. The molecule has 1 aromatic rings. The highest BCUT2D eigenvalue weighted by molar-refractivity contribution is 7.90. The van der Waals surface area contributed by atoms with Crippen LogP contribution in [0.4, 0.5) is 13.2 Å². The van der Waals surface area contributed by atoms with Gasteiger partial charge in [-0.2, -0.15) is 13.2 Å². The minimum atomic E-state index is -4.54. The van der Waals surface area contributed by atoms with Gasteiger partial charge in [-0.25, -0.2) is 8.42 Å². The molecule has 1 rings (SSSR count). The van der Waals surface area contributed by atoms with E-state index in [0.29, 0.717) is 0 Å². The lowest BCUT2D eigenvalue weighted by Crippen LogP contribution is -2.28. The summed E-state index contributed by atoms with van der Waals surface area (Å²) in [5, 5.41) is 0. The summed E-state index contributed by atoms with van der Waals surface area (Å²) in [6.45, 7) is 0. The molecule has 3 nitrogen and oxygen atoms in total. The van der Waals surface area contributed by atoms with E-state index in [1.807, 2.05) is 0 Å². The first-order valence-electron chi connectivity index (χ1n) is 4.24. The highest BCUT2D eigenvalue weighted by Crippen LogP contribution is 2.30. The second-order valence-corrected chi connectivity index (χ2v) is 5.38. The van der Waals surface area contributed by atoms with Crippen LogP contribution in [0.15, 0.2) is 29.2 Å². The van der Waals surface area contributed by atoms with E-state index in [9.17, 15) is 21.6 Å². The van der Waals surface area contributed by atoms with E-state index >= 15 is 0 Å². The van der Waals surface area contributed by atoms with Crippen molar-refractivity contribution in [3.05, 3.63) is 29.8 Å². The van der Waals surface area contributed by atoms with E-state index in [0.717, 1.165) is 30.5 Å². The number of benzene rings is 1. The molecule has 0 aliphatic heterocycles. The van der Waals surface area contributed by atoms with Crippen molar-refractivity contribution in [1.82, 2.24) is 0 Å². The quantitative estimate of drug-likeness (QED) is 0.871. The van der Waals surface area contributed by atoms with Crippen LogP contribution >= 0.6 is 0 Å². The molecule has 0 saturated heterocycles. The van der Waals surface area contributed by atoms with Crippen LogP contribution in [0.2, 0.25) is 0 Å². The molecular formula is C9H10F3NO2S. The first kappa shape index (κ1) is 13.0. The normalized spacial score (nSPS) is 14.8. The Kier molecular flexibility index (Phi) is 3.30. The van der Waals surface area contributed by atoms with Gasteiger partial charge in [0.05, 0.1) is 4.90 Å². The third-order valence-electron chi connectivity index (χ3n) is 2.02. The molecule has 90 valence electrons. The Balaban J connectivity index is 3.05. The molecule has 7 heteroatoms. The Morgan fingerprint density at radius 2 is 1.62 bits per heavy atom. The number of sulfone groups is 1. The molecule has 0 aliphatic carbocycles. The zero-order valence-corrected chi connectivity index (χ0v) is 9.14. The van der Waals surface area contributed by atoms with Crippen LogP contribution in [0.3, 0.4) is 0 Å². The van der Waals surface area contributed by atoms with E-state index in [4.69, 9.17) is 5.73 Å². The Labute approximate surface area is 91.0 Å². The number of alkyl halides is 3. The van der Waals surface area contributed by atoms with Gasteiger partial charge in [-0.05, 0) is 17.7 Å². The third kappa shape index (κ3) is 2.96. The molecule has 0 spiro atoms. The van der Waals surface area contributed by atoms with Gasteiger partial charge in [0.2, 0.25) is 0 Å². The summed E-state index contributed by atoms with van der Waals surface area (Å²) < 4.78 is 58.8. The lowest BCUT2D eigenvalue weighted by molar-refractivity contribution is -0.149. The topological polar surface area (TPSA) is 60.2 Å². The standard InChI is InChI=1S/C9H10F3NO2S/c1-16(14,15)7-4-2-6(3-5-7)8(13)9(10,11)12/h2-5,8H,13H2,1H3/t8-/m1/s1. The maximum Gasteiger partial charge on any atom is 0.407 e. The molecule has 0 radical (unpaired) electrons. The van der Waals surface area contributed by atoms with Crippen LogP contribution < -0.4 is 5.73 Å². The monoisotopic (exact) mass is 253 g/mol. The van der Waals surface area contributed by atoms with Crippen molar-refractivity contribution in [2.75, 3.05) is 6.26 Å². The van der Waals surface area contributed by atoms with Crippen molar-refractivity contribution in [3.63, 3.8) is 0 Å². The zero-order chi connectivity index (χ0) is 12.6. The summed E-state index contributed by atoms with van der Waals surface area (Å²) in [5.41, 5.74) is 4.79. The minimum absolute atomic E-state index is 0.0365. The molecule has 16 heavy (non-hydrogen) atoms. The molecule has 2 N–H and O–H groups in total. The average Bonchev–Trinajstić information content (AvgIpc) is 2.14. The van der Waals surface area contributed by atoms with E-state index in [-0.39, 0.29) is 10.5 Å². The molecule has 0 heterocycles. The summed E-state index contributed by atoms with van der Waals surface area (Å²) in [5.74, 6) is 0. The maximum absolute atomic E-state index is 12.2. The highest BCUT2D eigenvalue weighted by Gasteiger charge is 2.37. The fourth-order valence-corrected chi connectivity index (χ4v) is 1.74. The summed E-state index contributed by atoms with van der Waals surface area (Å²) >= 11 is 0. The van der Waals surface area contributed by atoms with Crippen LogP contribution in [0, 0.1) is 0 Å². The van der Waals surface area contributed by atoms with Gasteiger partial charge in [0.1, 0.15) is 6.04 Å². The first-order chi connectivity index (χ1) is 7.12. The molecule has 0 aliphatic rings. The van der Waals surface area contributed by atoms with Gasteiger partial charge < -0.3 is 5.73 Å². The molecule has 0 saturated carbocycles. The van der Waals surface area contributed by atoms with Crippen molar-refractivity contribution in [1.29, 1.82) is 0 Å².